The van der Waals surface area contributed by atoms with Gasteiger partial charge in [0, 0.05) is 12.5 Å². The van der Waals surface area contributed by atoms with Crippen molar-refractivity contribution in [2.24, 2.45) is 0 Å². The van der Waals surface area contributed by atoms with Gasteiger partial charge in [0.1, 0.15) is 0 Å². The average molecular weight is 443 g/mol. The summed E-state index contributed by atoms with van der Waals surface area (Å²) >= 11 is 0. The fraction of sp³-hybridized carbons (Fsp3) is 0.875. The third-order valence-corrected chi connectivity index (χ3v) is 6.52. The van der Waals surface area contributed by atoms with Gasteiger partial charge < -0.3 is 8.85 Å². The molecule has 1 atom stereocenters. The van der Waals surface area contributed by atoms with Crippen molar-refractivity contribution in [3.05, 3.63) is 12.2 Å². The summed E-state index contributed by atoms with van der Waals surface area (Å²) in [5, 5.41) is 0. The van der Waals surface area contributed by atoms with Crippen LogP contribution in [0.5, 0.6) is 0 Å². The zero-order valence-electron chi connectivity index (χ0n) is 20.6. The molecule has 0 spiro atoms. The second kappa shape index (κ2) is 16.3. The molecule has 172 valence electrons. The molecule has 0 aromatic heterocycles. The molecule has 3 nitrogen and oxygen atoms in total. The summed E-state index contributed by atoms with van der Waals surface area (Å²) in [4.78, 5) is 11.7. The second-order valence-corrected chi connectivity index (χ2v) is 19.2. The fourth-order valence-corrected chi connectivity index (χ4v) is 5.34. The van der Waals surface area contributed by atoms with Crippen LogP contribution in [0.2, 0.25) is 39.3 Å². The largest absolute Gasteiger partial charge is 0.520 e. The number of hydrogen-bond acceptors (Lipinski definition) is 3. The number of hydrogen-bond donors (Lipinski definition) is 0. The van der Waals surface area contributed by atoms with Gasteiger partial charge in [0.25, 0.3) is 5.97 Å². The van der Waals surface area contributed by atoms with Gasteiger partial charge in [-0.25, -0.2) is 0 Å². The number of carbonyl (C=O) groups is 1. The summed E-state index contributed by atoms with van der Waals surface area (Å²) in [7, 11) is -3.18. The predicted molar refractivity (Wildman–Crippen MR) is 132 cm³/mol. The number of allylic oxidation sites excluding steroid dienone is 1. The molecule has 0 aliphatic heterocycles. The lowest BCUT2D eigenvalue weighted by Crippen LogP contribution is -2.31. The van der Waals surface area contributed by atoms with Crippen LogP contribution < -0.4 is 0 Å². The molecule has 0 saturated carbocycles. The maximum absolute atomic E-state index is 11.7. The molecule has 0 aliphatic rings. The van der Waals surface area contributed by atoms with Crippen LogP contribution >= 0.6 is 0 Å². The van der Waals surface area contributed by atoms with E-state index in [-0.39, 0.29) is 5.97 Å². The van der Waals surface area contributed by atoms with E-state index in [0.717, 1.165) is 25.7 Å². The van der Waals surface area contributed by atoms with Gasteiger partial charge in [0.05, 0.1) is 0 Å². The van der Waals surface area contributed by atoms with Gasteiger partial charge in [0.15, 0.2) is 8.32 Å². The SMILES string of the molecule is CCCCCC[C@H](C/C=C\CCCCCCCC(=O)O[Si](C)(C)C)O[Si](C)(C)C. The van der Waals surface area contributed by atoms with Crippen molar-refractivity contribution in [2.45, 2.75) is 136 Å². The highest BCUT2D eigenvalue weighted by Gasteiger charge is 2.20. The molecular weight excluding hydrogens is 392 g/mol. The normalized spacial score (nSPS) is 13.8. The highest BCUT2D eigenvalue weighted by molar-refractivity contribution is 6.71. The Kier molecular flexibility index (Phi) is 16.1. The molecule has 0 aromatic rings. The molecule has 0 N–H and O–H groups in total. The quantitative estimate of drug-likeness (QED) is 0.122. The molecule has 0 rings (SSSR count). The number of carbonyl (C=O) groups excluding carboxylic acids is 1. The molecule has 0 aromatic carbocycles. The van der Waals surface area contributed by atoms with E-state index >= 15 is 0 Å². The average Bonchev–Trinajstić information content (AvgIpc) is 2.57. The zero-order chi connectivity index (χ0) is 22.2. The molecule has 5 heteroatoms. The van der Waals surface area contributed by atoms with E-state index in [0.29, 0.717) is 12.5 Å². The van der Waals surface area contributed by atoms with E-state index in [4.69, 9.17) is 8.85 Å². The van der Waals surface area contributed by atoms with Gasteiger partial charge in [-0.05, 0) is 71.4 Å². The van der Waals surface area contributed by atoms with Gasteiger partial charge in [-0.2, -0.15) is 0 Å². The fourth-order valence-electron chi connectivity index (χ4n) is 3.34. The van der Waals surface area contributed by atoms with Gasteiger partial charge in [-0.1, -0.05) is 64.0 Å². The molecule has 0 bridgehead atoms. The van der Waals surface area contributed by atoms with Crippen molar-refractivity contribution in [3.63, 3.8) is 0 Å². The lowest BCUT2D eigenvalue weighted by atomic mass is 10.1. The summed E-state index contributed by atoms with van der Waals surface area (Å²) in [5.41, 5.74) is 0. The molecule has 0 unspecified atom stereocenters. The second-order valence-electron chi connectivity index (χ2n) is 10.3. The van der Waals surface area contributed by atoms with E-state index in [1.165, 1.54) is 51.4 Å². The standard InChI is InChI=1S/C24H50O3Si2/c1-8-9-10-17-20-23(26-28(2,3)4)21-18-15-13-11-12-14-16-19-22-24(25)27-29(5,6)7/h15,18,23H,8-14,16-17,19-22H2,1-7H3/b18-15-/t23-/m1/s1. The topological polar surface area (TPSA) is 35.5 Å². The van der Waals surface area contributed by atoms with Crippen LogP contribution in [0.15, 0.2) is 12.2 Å². The Hall–Kier alpha value is -0.396. The van der Waals surface area contributed by atoms with E-state index in [1.807, 2.05) is 0 Å². The Bertz CT molecular complexity index is 436. The molecule has 0 saturated heterocycles. The van der Waals surface area contributed by atoms with Crippen LogP contribution in [0.25, 0.3) is 0 Å². The van der Waals surface area contributed by atoms with E-state index in [2.05, 4.69) is 58.4 Å². The van der Waals surface area contributed by atoms with Crippen molar-refractivity contribution in [1.29, 1.82) is 0 Å². The number of rotatable bonds is 18. The molecule has 0 fully saturated rings. The van der Waals surface area contributed by atoms with Gasteiger partial charge in [-0.3, -0.25) is 4.79 Å². The van der Waals surface area contributed by atoms with E-state index < -0.39 is 16.6 Å². The summed E-state index contributed by atoms with van der Waals surface area (Å²) < 4.78 is 11.9. The summed E-state index contributed by atoms with van der Waals surface area (Å²) in [5.74, 6) is -0.00288. The van der Waals surface area contributed by atoms with Gasteiger partial charge >= 0.3 is 0 Å². The van der Waals surface area contributed by atoms with Crippen molar-refractivity contribution >= 4 is 22.6 Å². The smallest absolute Gasteiger partial charge is 0.292 e. The van der Waals surface area contributed by atoms with Gasteiger partial charge in [-0.15, -0.1) is 0 Å². The third kappa shape index (κ3) is 22.1. The minimum absolute atomic E-state index is 0.00288. The number of unbranched alkanes of at least 4 members (excludes halogenated alkanes) is 8. The lowest BCUT2D eigenvalue weighted by Gasteiger charge is -2.25. The van der Waals surface area contributed by atoms with Crippen LogP contribution in [0.4, 0.5) is 0 Å². The van der Waals surface area contributed by atoms with Crippen LogP contribution in [0.1, 0.15) is 90.4 Å². The predicted octanol–water partition coefficient (Wildman–Crippen LogP) is 8.23. The molecule has 0 radical (unpaired) electrons. The summed E-state index contributed by atoms with van der Waals surface area (Å²) in [6.45, 7) is 15.3. The maximum Gasteiger partial charge on any atom is 0.292 e. The van der Waals surface area contributed by atoms with Crippen LogP contribution in [-0.4, -0.2) is 28.7 Å². The van der Waals surface area contributed by atoms with Crippen LogP contribution in [0.3, 0.4) is 0 Å². The molecule has 0 amide bonds. The molecular formula is C24H50O3Si2. The molecule has 0 aliphatic carbocycles. The zero-order valence-corrected chi connectivity index (χ0v) is 22.6. The van der Waals surface area contributed by atoms with E-state index in [9.17, 15) is 4.79 Å². The molecule has 0 heterocycles. The third-order valence-electron chi connectivity index (χ3n) is 4.64. The first-order chi connectivity index (χ1) is 13.5. The van der Waals surface area contributed by atoms with Crippen molar-refractivity contribution in [2.75, 3.05) is 0 Å². The minimum atomic E-state index is -1.71. The first kappa shape index (κ1) is 28.6. The van der Waals surface area contributed by atoms with Crippen molar-refractivity contribution in [1.82, 2.24) is 0 Å². The van der Waals surface area contributed by atoms with Crippen molar-refractivity contribution in [3.8, 4) is 0 Å². The minimum Gasteiger partial charge on any atom is -0.520 e. The monoisotopic (exact) mass is 442 g/mol. The molecule has 29 heavy (non-hydrogen) atoms. The summed E-state index contributed by atoms with van der Waals surface area (Å²) in [6.07, 6.45) is 20.2. The van der Waals surface area contributed by atoms with Gasteiger partial charge in [0.2, 0.25) is 8.32 Å². The maximum atomic E-state index is 11.7. The van der Waals surface area contributed by atoms with E-state index in [1.54, 1.807) is 0 Å². The Balaban J connectivity index is 3.82. The Labute approximate surface area is 184 Å². The van der Waals surface area contributed by atoms with Crippen LogP contribution in [-0.2, 0) is 13.6 Å². The van der Waals surface area contributed by atoms with Crippen molar-refractivity contribution < 1.29 is 13.6 Å². The highest BCUT2D eigenvalue weighted by atomic mass is 28.4. The Morgan fingerprint density at radius 1 is 0.793 bits per heavy atom. The Morgan fingerprint density at radius 3 is 2.03 bits per heavy atom. The Morgan fingerprint density at radius 2 is 1.41 bits per heavy atom. The highest BCUT2D eigenvalue weighted by Crippen LogP contribution is 2.18. The van der Waals surface area contributed by atoms with Crippen LogP contribution in [0, 0.1) is 0 Å². The lowest BCUT2D eigenvalue weighted by molar-refractivity contribution is -0.135. The first-order valence-corrected chi connectivity index (χ1v) is 18.9. The first-order valence-electron chi connectivity index (χ1n) is 12.1. The summed E-state index contributed by atoms with van der Waals surface area (Å²) in [6, 6.07) is 0.